The summed E-state index contributed by atoms with van der Waals surface area (Å²) in [6.07, 6.45) is 1.58. The summed E-state index contributed by atoms with van der Waals surface area (Å²) in [5.41, 5.74) is 0. The zero-order valence-corrected chi connectivity index (χ0v) is 7.14. The molecule has 0 unspecified atom stereocenters. The number of furan rings is 1. The molecule has 1 N–H and O–H groups in total. The van der Waals surface area contributed by atoms with Gasteiger partial charge in [0.2, 0.25) is 5.88 Å². The summed E-state index contributed by atoms with van der Waals surface area (Å²) in [5, 5.41) is 14.2. The molecule has 0 amide bonds. The smallest absolute Gasteiger partial charge is 0.222 e. The van der Waals surface area contributed by atoms with Crippen molar-refractivity contribution in [2.45, 2.75) is 6.54 Å². The van der Waals surface area contributed by atoms with Crippen molar-refractivity contribution in [3.05, 3.63) is 24.2 Å². The summed E-state index contributed by atoms with van der Waals surface area (Å²) in [6.45, 7) is 0.605. The van der Waals surface area contributed by atoms with Crippen LogP contribution in [-0.4, -0.2) is 27.3 Å². The van der Waals surface area contributed by atoms with E-state index >= 15 is 0 Å². The topological polar surface area (TPSA) is 68.8 Å². The molecule has 0 aromatic carbocycles. The molecule has 2 aromatic rings. The first kappa shape index (κ1) is 7.93. The standard InChI is InChI=1S/C7H9N5O/c1-8-5-6-9-10-11-12(6)7-3-2-4-13-7/h2-4,8H,5H2,1H3. The van der Waals surface area contributed by atoms with E-state index < -0.39 is 0 Å². The molecule has 68 valence electrons. The Morgan fingerprint density at radius 2 is 2.54 bits per heavy atom. The molecule has 0 bridgehead atoms. The third-order valence-electron chi connectivity index (χ3n) is 1.58. The first-order valence-corrected chi connectivity index (χ1v) is 3.87. The van der Waals surface area contributed by atoms with Crippen LogP contribution in [0, 0.1) is 0 Å². The molecule has 6 heteroatoms. The van der Waals surface area contributed by atoms with Gasteiger partial charge in [0.15, 0.2) is 5.82 Å². The van der Waals surface area contributed by atoms with E-state index in [1.807, 2.05) is 7.05 Å². The second kappa shape index (κ2) is 3.36. The molecule has 0 saturated heterocycles. The molecule has 2 aromatic heterocycles. The summed E-state index contributed by atoms with van der Waals surface area (Å²) >= 11 is 0. The molecule has 6 nitrogen and oxygen atoms in total. The molecule has 0 fully saturated rings. The van der Waals surface area contributed by atoms with E-state index in [0.717, 1.165) is 5.82 Å². The molecule has 0 spiro atoms. The summed E-state index contributed by atoms with van der Waals surface area (Å²) in [6, 6.07) is 3.59. The molecule has 0 aliphatic carbocycles. The Bertz CT molecular complexity index is 366. The predicted octanol–water partition coefficient (Wildman–Crippen LogP) is -0.0253. The van der Waals surface area contributed by atoms with Gasteiger partial charge >= 0.3 is 0 Å². The molecule has 0 radical (unpaired) electrons. The first-order valence-electron chi connectivity index (χ1n) is 3.87. The number of nitrogens with zero attached hydrogens (tertiary/aromatic N) is 4. The van der Waals surface area contributed by atoms with Crippen molar-refractivity contribution in [2.24, 2.45) is 0 Å². The maximum absolute atomic E-state index is 5.16. The average molecular weight is 179 g/mol. The fourth-order valence-corrected chi connectivity index (χ4v) is 1.04. The monoisotopic (exact) mass is 179 g/mol. The normalized spacial score (nSPS) is 10.5. The van der Waals surface area contributed by atoms with Crippen LogP contribution in [0.5, 0.6) is 0 Å². The summed E-state index contributed by atoms with van der Waals surface area (Å²) in [7, 11) is 1.83. The number of tetrazole rings is 1. The summed E-state index contributed by atoms with van der Waals surface area (Å²) < 4.78 is 6.71. The van der Waals surface area contributed by atoms with E-state index in [-0.39, 0.29) is 0 Å². The third kappa shape index (κ3) is 1.43. The fraction of sp³-hybridized carbons (Fsp3) is 0.286. The molecule has 0 aliphatic heterocycles. The van der Waals surface area contributed by atoms with Crippen molar-refractivity contribution < 1.29 is 4.42 Å². The van der Waals surface area contributed by atoms with Crippen LogP contribution in [0.4, 0.5) is 0 Å². The summed E-state index contributed by atoms with van der Waals surface area (Å²) in [4.78, 5) is 0. The van der Waals surface area contributed by atoms with E-state index in [4.69, 9.17) is 4.42 Å². The minimum absolute atomic E-state index is 0.605. The Morgan fingerprint density at radius 1 is 1.62 bits per heavy atom. The lowest BCUT2D eigenvalue weighted by Gasteiger charge is -1.98. The number of hydrogen-bond donors (Lipinski definition) is 1. The molecule has 13 heavy (non-hydrogen) atoms. The lowest BCUT2D eigenvalue weighted by molar-refractivity contribution is 0.507. The van der Waals surface area contributed by atoms with E-state index in [9.17, 15) is 0 Å². The number of nitrogens with one attached hydrogen (secondary N) is 1. The van der Waals surface area contributed by atoms with Gasteiger partial charge in [0.25, 0.3) is 0 Å². The van der Waals surface area contributed by atoms with Gasteiger partial charge < -0.3 is 9.73 Å². The van der Waals surface area contributed by atoms with Crippen LogP contribution in [-0.2, 0) is 6.54 Å². The van der Waals surface area contributed by atoms with Crippen LogP contribution in [0.25, 0.3) is 5.88 Å². The van der Waals surface area contributed by atoms with Crippen LogP contribution < -0.4 is 5.32 Å². The maximum Gasteiger partial charge on any atom is 0.222 e. The lowest BCUT2D eigenvalue weighted by Crippen LogP contribution is -2.11. The molecule has 0 atom stereocenters. The van der Waals surface area contributed by atoms with E-state index in [0.29, 0.717) is 12.4 Å². The van der Waals surface area contributed by atoms with Gasteiger partial charge in [0.1, 0.15) is 0 Å². The number of aromatic nitrogens is 4. The van der Waals surface area contributed by atoms with Crippen molar-refractivity contribution in [1.82, 2.24) is 25.5 Å². The van der Waals surface area contributed by atoms with Gasteiger partial charge in [0.05, 0.1) is 12.8 Å². The van der Waals surface area contributed by atoms with Crippen LogP contribution in [0.3, 0.4) is 0 Å². The lowest BCUT2D eigenvalue weighted by atomic mass is 10.5. The van der Waals surface area contributed by atoms with Gasteiger partial charge in [-0.15, -0.1) is 5.10 Å². The molecule has 0 aliphatic rings. The van der Waals surface area contributed by atoms with Crippen molar-refractivity contribution in [2.75, 3.05) is 7.05 Å². The minimum atomic E-state index is 0.605. The number of rotatable bonds is 3. The van der Waals surface area contributed by atoms with Gasteiger partial charge in [-0.1, -0.05) is 0 Å². The number of hydrogen-bond acceptors (Lipinski definition) is 5. The zero-order valence-electron chi connectivity index (χ0n) is 7.14. The van der Waals surface area contributed by atoms with Crippen molar-refractivity contribution >= 4 is 0 Å². The predicted molar refractivity (Wildman–Crippen MR) is 44.2 cm³/mol. The largest absolute Gasteiger partial charge is 0.447 e. The molecular weight excluding hydrogens is 170 g/mol. The van der Waals surface area contributed by atoms with Crippen LogP contribution in [0.15, 0.2) is 22.8 Å². The Kier molecular flexibility index (Phi) is 2.05. The Morgan fingerprint density at radius 3 is 3.23 bits per heavy atom. The quantitative estimate of drug-likeness (QED) is 0.716. The van der Waals surface area contributed by atoms with Gasteiger partial charge in [0, 0.05) is 6.07 Å². The summed E-state index contributed by atoms with van der Waals surface area (Å²) in [5.74, 6) is 1.34. The fourth-order valence-electron chi connectivity index (χ4n) is 1.04. The van der Waals surface area contributed by atoms with Crippen LogP contribution >= 0.6 is 0 Å². The molecule has 0 saturated carbocycles. The van der Waals surface area contributed by atoms with Crippen LogP contribution in [0.1, 0.15) is 5.82 Å². The highest BCUT2D eigenvalue weighted by Gasteiger charge is 2.08. The highest BCUT2D eigenvalue weighted by molar-refractivity contribution is 5.16. The average Bonchev–Trinajstić information content (AvgIpc) is 2.71. The maximum atomic E-state index is 5.16. The van der Waals surface area contributed by atoms with E-state index in [2.05, 4.69) is 20.8 Å². The zero-order chi connectivity index (χ0) is 9.10. The second-order valence-electron chi connectivity index (χ2n) is 2.49. The van der Waals surface area contributed by atoms with Crippen molar-refractivity contribution in [1.29, 1.82) is 0 Å². The Balaban J connectivity index is 2.35. The van der Waals surface area contributed by atoms with Crippen molar-refractivity contribution in [3.8, 4) is 5.88 Å². The van der Waals surface area contributed by atoms with Crippen molar-refractivity contribution in [3.63, 3.8) is 0 Å². The minimum Gasteiger partial charge on any atom is -0.447 e. The highest BCUT2D eigenvalue weighted by atomic mass is 16.3. The van der Waals surface area contributed by atoms with Gasteiger partial charge in [-0.2, -0.15) is 4.68 Å². The Hall–Kier alpha value is -1.69. The SMILES string of the molecule is CNCc1nnnn1-c1ccco1. The van der Waals surface area contributed by atoms with Gasteiger partial charge in [-0.25, -0.2) is 0 Å². The van der Waals surface area contributed by atoms with Gasteiger partial charge in [-0.05, 0) is 23.5 Å². The molecule has 2 heterocycles. The Labute approximate surface area is 74.5 Å². The second-order valence-corrected chi connectivity index (χ2v) is 2.49. The van der Waals surface area contributed by atoms with Crippen LogP contribution in [0.2, 0.25) is 0 Å². The first-order chi connectivity index (χ1) is 6.42. The van der Waals surface area contributed by atoms with Gasteiger partial charge in [-0.3, -0.25) is 0 Å². The third-order valence-corrected chi connectivity index (χ3v) is 1.58. The molecule has 2 rings (SSSR count). The van der Waals surface area contributed by atoms with E-state index in [1.165, 1.54) is 0 Å². The molecular formula is C7H9N5O. The van der Waals surface area contributed by atoms with E-state index in [1.54, 1.807) is 23.1 Å². The highest BCUT2D eigenvalue weighted by Crippen LogP contribution is 2.07.